The van der Waals surface area contributed by atoms with Crippen LogP contribution in [0.4, 0.5) is 0 Å². The van der Waals surface area contributed by atoms with Crippen molar-refractivity contribution in [2.45, 2.75) is 78.6 Å². The van der Waals surface area contributed by atoms with E-state index in [1.807, 2.05) is 12.1 Å². The third kappa shape index (κ3) is 4.98. The number of fused-ring (bicyclic) bond motifs is 1. The first-order chi connectivity index (χ1) is 17.4. The van der Waals surface area contributed by atoms with Gasteiger partial charge in [-0.15, -0.1) is 5.10 Å². The number of hydrogen-bond donors (Lipinski definition) is 1. The zero-order valence-electron chi connectivity index (χ0n) is 21.7. The summed E-state index contributed by atoms with van der Waals surface area (Å²) >= 11 is 0. The van der Waals surface area contributed by atoms with Gasteiger partial charge in [-0.2, -0.15) is 0 Å². The minimum atomic E-state index is -0.0385. The van der Waals surface area contributed by atoms with Gasteiger partial charge in [0.2, 0.25) is 0 Å². The number of aromatic nitrogens is 5. The molecule has 2 aromatic heterocycles. The maximum absolute atomic E-state index is 13.3. The van der Waals surface area contributed by atoms with E-state index in [-0.39, 0.29) is 17.5 Å². The van der Waals surface area contributed by atoms with Crippen LogP contribution in [-0.2, 0) is 13.1 Å². The van der Waals surface area contributed by atoms with Crippen LogP contribution in [0, 0.1) is 19.8 Å². The second kappa shape index (κ2) is 10.3. The fraction of sp³-hybridized carbons (Fsp3) is 0.448. The minimum absolute atomic E-state index is 0.0324. The minimum Gasteiger partial charge on any atom is -0.322 e. The molecule has 2 heterocycles. The number of tetrazole rings is 1. The number of aryl methyl sites for hydroxylation is 2. The number of nitrogens with one attached hydrogen (secondary N) is 1. The van der Waals surface area contributed by atoms with E-state index >= 15 is 0 Å². The lowest BCUT2D eigenvalue weighted by Gasteiger charge is -2.34. The quantitative estimate of drug-likeness (QED) is 0.350. The third-order valence-corrected chi connectivity index (χ3v) is 7.47. The summed E-state index contributed by atoms with van der Waals surface area (Å²) < 4.78 is 2.06. The van der Waals surface area contributed by atoms with E-state index in [4.69, 9.17) is 0 Å². The maximum Gasteiger partial charge on any atom is 0.252 e. The Balaban J connectivity index is 1.57. The average Bonchev–Trinajstić information content (AvgIpc) is 3.52. The van der Waals surface area contributed by atoms with Gasteiger partial charge in [0.25, 0.3) is 5.56 Å². The van der Waals surface area contributed by atoms with Gasteiger partial charge >= 0.3 is 0 Å². The van der Waals surface area contributed by atoms with Crippen molar-refractivity contribution in [3.05, 3.63) is 87.0 Å². The standard InChI is InChI=1S/C29H36N6O/c1-19(2)27(28-31-32-33-35(28)24-12-8-9-13-24)34(17-22-10-6-5-7-11-22)18-23-16-25-21(4)14-20(3)15-26(25)30-29(23)36/h5-7,10-11,14-16,19,24,27H,8-9,12-13,17-18H2,1-4H3,(H,30,36). The number of H-pyrrole nitrogens is 1. The van der Waals surface area contributed by atoms with E-state index in [2.05, 4.69) is 94.2 Å². The molecule has 0 bridgehead atoms. The normalized spacial score (nSPS) is 15.4. The lowest BCUT2D eigenvalue weighted by molar-refractivity contribution is 0.123. The third-order valence-electron chi connectivity index (χ3n) is 7.47. The molecule has 5 rings (SSSR count). The van der Waals surface area contributed by atoms with Gasteiger partial charge in [-0.1, -0.05) is 63.1 Å². The highest BCUT2D eigenvalue weighted by Crippen LogP contribution is 2.35. The fourth-order valence-electron chi connectivity index (χ4n) is 5.81. The first-order valence-electron chi connectivity index (χ1n) is 13.1. The molecule has 1 aliphatic rings. The molecule has 1 saturated carbocycles. The van der Waals surface area contributed by atoms with Crippen LogP contribution in [-0.4, -0.2) is 30.1 Å². The molecule has 2 aromatic carbocycles. The summed E-state index contributed by atoms with van der Waals surface area (Å²) in [6.07, 6.45) is 4.67. The Kier molecular flexibility index (Phi) is 7.01. The van der Waals surface area contributed by atoms with Crippen molar-refractivity contribution in [1.82, 2.24) is 30.1 Å². The molecule has 0 amide bonds. The second-order valence-corrected chi connectivity index (χ2v) is 10.7. The molecule has 1 N–H and O–H groups in total. The van der Waals surface area contributed by atoms with Crippen LogP contribution in [0.2, 0.25) is 0 Å². The molecule has 4 aromatic rings. The van der Waals surface area contributed by atoms with Crippen molar-refractivity contribution in [3.63, 3.8) is 0 Å². The number of aromatic amines is 1. The molecule has 0 radical (unpaired) electrons. The molecule has 36 heavy (non-hydrogen) atoms. The lowest BCUT2D eigenvalue weighted by atomic mass is 9.98. The van der Waals surface area contributed by atoms with Gasteiger partial charge in [0.15, 0.2) is 5.82 Å². The van der Waals surface area contributed by atoms with E-state index in [9.17, 15) is 4.79 Å². The van der Waals surface area contributed by atoms with Crippen LogP contribution >= 0.6 is 0 Å². The van der Waals surface area contributed by atoms with E-state index in [1.165, 1.54) is 24.0 Å². The summed E-state index contributed by atoms with van der Waals surface area (Å²) in [7, 11) is 0. The topological polar surface area (TPSA) is 79.7 Å². The molecule has 1 aliphatic carbocycles. The van der Waals surface area contributed by atoms with E-state index in [0.29, 0.717) is 19.1 Å². The van der Waals surface area contributed by atoms with Crippen LogP contribution in [0.25, 0.3) is 10.9 Å². The number of nitrogens with zero attached hydrogens (tertiary/aromatic N) is 5. The second-order valence-electron chi connectivity index (χ2n) is 10.7. The highest BCUT2D eigenvalue weighted by molar-refractivity contribution is 5.83. The largest absolute Gasteiger partial charge is 0.322 e. The Morgan fingerprint density at radius 2 is 1.81 bits per heavy atom. The van der Waals surface area contributed by atoms with Gasteiger partial charge in [-0.25, -0.2) is 4.68 Å². The number of benzene rings is 2. The Labute approximate surface area is 212 Å². The molecular formula is C29H36N6O. The summed E-state index contributed by atoms with van der Waals surface area (Å²) in [6.45, 7) is 9.80. The van der Waals surface area contributed by atoms with Crippen molar-refractivity contribution in [3.8, 4) is 0 Å². The molecule has 7 nitrogen and oxygen atoms in total. The Morgan fingerprint density at radius 3 is 2.53 bits per heavy atom. The van der Waals surface area contributed by atoms with Crippen molar-refractivity contribution in [2.24, 2.45) is 5.92 Å². The van der Waals surface area contributed by atoms with Crippen molar-refractivity contribution in [2.75, 3.05) is 0 Å². The van der Waals surface area contributed by atoms with Crippen LogP contribution in [0.3, 0.4) is 0 Å². The molecular weight excluding hydrogens is 448 g/mol. The van der Waals surface area contributed by atoms with Crippen molar-refractivity contribution in [1.29, 1.82) is 0 Å². The molecule has 1 atom stereocenters. The lowest BCUT2D eigenvalue weighted by Crippen LogP contribution is -2.35. The molecule has 1 fully saturated rings. The van der Waals surface area contributed by atoms with Crippen molar-refractivity contribution >= 4 is 10.9 Å². The molecule has 188 valence electrons. The summed E-state index contributed by atoms with van der Waals surface area (Å²) in [5, 5.41) is 14.2. The van der Waals surface area contributed by atoms with Gasteiger partial charge < -0.3 is 4.98 Å². The van der Waals surface area contributed by atoms with Crippen LogP contribution < -0.4 is 5.56 Å². The summed E-state index contributed by atoms with van der Waals surface area (Å²) in [4.78, 5) is 18.8. The first kappa shape index (κ1) is 24.4. The first-order valence-corrected chi connectivity index (χ1v) is 13.1. The fourth-order valence-corrected chi connectivity index (χ4v) is 5.81. The molecule has 0 aliphatic heterocycles. The molecule has 1 unspecified atom stereocenters. The van der Waals surface area contributed by atoms with Gasteiger partial charge in [0.1, 0.15) is 0 Å². The highest BCUT2D eigenvalue weighted by Gasteiger charge is 2.32. The Bertz CT molecular complexity index is 1380. The summed E-state index contributed by atoms with van der Waals surface area (Å²) in [5.41, 5.74) is 5.13. The van der Waals surface area contributed by atoms with Gasteiger partial charge in [-0.05, 0) is 71.9 Å². The van der Waals surface area contributed by atoms with E-state index in [1.54, 1.807) is 0 Å². The average molecular weight is 485 g/mol. The van der Waals surface area contributed by atoms with Gasteiger partial charge in [-0.3, -0.25) is 9.69 Å². The highest BCUT2D eigenvalue weighted by atomic mass is 16.1. The molecule has 7 heteroatoms. The van der Waals surface area contributed by atoms with E-state index in [0.717, 1.165) is 40.7 Å². The zero-order valence-corrected chi connectivity index (χ0v) is 21.7. The Morgan fingerprint density at radius 1 is 1.06 bits per heavy atom. The number of hydrogen-bond acceptors (Lipinski definition) is 5. The van der Waals surface area contributed by atoms with Crippen molar-refractivity contribution < 1.29 is 0 Å². The SMILES string of the molecule is Cc1cc(C)c2cc(CN(Cc3ccccc3)C(c3nnnn3C3CCCC3)C(C)C)c(=O)[nH]c2c1. The molecule has 0 saturated heterocycles. The maximum atomic E-state index is 13.3. The predicted molar refractivity (Wildman–Crippen MR) is 143 cm³/mol. The number of rotatable bonds is 8. The summed E-state index contributed by atoms with van der Waals surface area (Å²) in [5.74, 6) is 1.15. The molecule has 0 spiro atoms. The zero-order chi connectivity index (χ0) is 25.2. The van der Waals surface area contributed by atoms with Crippen LogP contribution in [0.15, 0.2) is 53.3 Å². The van der Waals surface area contributed by atoms with E-state index < -0.39 is 0 Å². The van der Waals surface area contributed by atoms with Crippen LogP contribution in [0.5, 0.6) is 0 Å². The van der Waals surface area contributed by atoms with Crippen LogP contribution in [0.1, 0.15) is 79.7 Å². The summed E-state index contributed by atoms with van der Waals surface area (Å²) in [6, 6.07) is 17.0. The monoisotopic (exact) mass is 484 g/mol. The van der Waals surface area contributed by atoms with Gasteiger partial charge in [0.05, 0.1) is 12.1 Å². The Hall–Kier alpha value is -3.32. The smallest absolute Gasteiger partial charge is 0.252 e. The predicted octanol–water partition coefficient (Wildman–Crippen LogP) is 5.65. The number of pyridine rings is 1. The van der Waals surface area contributed by atoms with Gasteiger partial charge in [0, 0.05) is 29.6 Å².